The van der Waals surface area contributed by atoms with Crippen LogP contribution < -0.4 is 15.4 Å². The fourth-order valence-electron chi connectivity index (χ4n) is 2.50. The first kappa shape index (κ1) is 21.3. The third-order valence-electron chi connectivity index (χ3n) is 4.34. The number of guanidine groups is 1. The predicted molar refractivity (Wildman–Crippen MR) is 107 cm³/mol. The minimum Gasteiger partial charge on any atom is -0.494 e. The van der Waals surface area contributed by atoms with Crippen LogP contribution in [0.3, 0.4) is 0 Å². The van der Waals surface area contributed by atoms with Gasteiger partial charge in [-0.25, -0.2) is 0 Å². The van der Waals surface area contributed by atoms with Crippen LogP contribution in [-0.2, 0) is 6.54 Å². The second-order valence-electron chi connectivity index (χ2n) is 6.64. The lowest BCUT2D eigenvalue weighted by Crippen LogP contribution is -2.39. The summed E-state index contributed by atoms with van der Waals surface area (Å²) in [5, 5.41) is 6.77. The van der Waals surface area contributed by atoms with Crippen LogP contribution in [0.5, 0.6) is 5.75 Å². The van der Waals surface area contributed by atoms with Crippen LogP contribution in [0, 0.1) is 5.92 Å². The number of nitrogens with one attached hydrogen (secondary N) is 2. The molecular formula is C20H36N4O. The van der Waals surface area contributed by atoms with Crippen molar-refractivity contribution in [1.29, 1.82) is 0 Å². The Morgan fingerprint density at radius 3 is 2.36 bits per heavy atom. The van der Waals surface area contributed by atoms with Crippen LogP contribution >= 0.6 is 0 Å². The molecule has 142 valence electrons. The molecule has 0 saturated carbocycles. The molecule has 0 aliphatic heterocycles. The number of hydrogen-bond acceptors (Lipinski definition) is 3. The SMILES string of the molecule is CCC(CC)CNC(=NC)NCc1ccc(OCCCN(C)C)cc1. The van der Waals surface area contributed by atoms with Gasteiger partial charge in [0.25, 0.3) is 0 Å². The molecule has 0 unspecified atom stereocenters. The van der Waals surface area contributed by atoms with Gasteiger partial charge in [0.2, 0.25) is 0 Å². The molecule has 1 aromatic carbocycles. The molecule has 0 saturated heterocycles. The topological polar surface area (TPSA) is 48.9 Å². The fourth-order valence-corrected chi connectivity index (χ4v) is 2.50. The lowest BCUT2D eigenvalue weighted by Gasteiger charge is -2.17. The van der Waals surface area contributed by atoms with Gasteiger partial charge in [-0.05, 0) is 44.1 Å². The molecule has 0 aliphatic rings. The summed E-state index contributed by atoms with van der Waals surface area (Å²) < 4.78 is 5.76. The van der Waals surface area contributed by atoms with Gasteiger partial charge in [0.15, 0.2) is 5.96 Å². The molecule has 5 heteroatoms. The maximum Gasteiger partial charge on any atom is 0.191 e. The number of rotatable bonds is 11. The van der Waals surface area contributed by atoms with Gasteiger partial charge in [0.05, 0.1) is 6.61 Å². The summed E-state index contributed by atoms with van der Waals surface area (Å²) in [6.45, 7) is 7.98. The van der Waals surface area contributed by atoms with Crippen molar-refractivity contribution in [2.75, 3.05) is 40.8 Å². The Kier molecular flexibility index (Phi) is 10.7. The molecule has 0 aliphatic carbocycles. The highest BCUT2D eigenvalue weighted by Crippen LogP contribution is 2.12. The van der Waals surface area contributed by atoms with Gasteiger partial charge in [-0.1, -0.05) is 38.8 Å². The monoisotopic (exact) mass is 348 g/mol. The van der Waals surface area contributed by atoms with E-state index in [1.807, 2.05) is 19.2 Å². The van der Waals surface area contributed by atoms with Crippen molar-refractivity contribution in [3.8, 4) is 5.75 Å². The van der Waals surface area contributed by atoms with Crippen LogP contribution in [0.4, 0.5) is 0 Å². The van der Waals surface area contributed by atoms with E-state index in [2.05, 4.69) is 60.6 Å². The third-order valence-corrected chi connectivity index (χ3v) is 4.34. The minimum atomic E-state index is 0.697. The van der Waals surface area contributed by atoms with Crippen molar-refractivity contribution in [2.45, 2.75) is 39.7 Å². The summed E-state index contributed by atoms with van der Waals surface area (Å²) >= 11 is 0. The van der Waals surface area contributed by atoms with E-state index >= 15 is 0 Å². The van der Waals surface area contributed by atoms with Crippen LogP contribution in [0.2, 0.25) is 0 Å². The Morgan fingerprint density at radius 1 is 1.12 bits per heavy atom. The summed E-state index contributed by atoms with van der Waals surface area (Å²) in [5.41, 5.74) is 1.21. The second kappa shape index (κ2) is 12.6. The summed E-state index contributed by atoms with van der Waals surface area (Å²) in [5.74, 6) is 2.48. The predicted octanol–water partition coefficient (Wildman–Crippen LogP) is 3.12. The van der Waals surface area contributed by atoms with Crippen molar-refractivity contribution in [3.05, 3.63) is 29.8 Å². The normalized spacial score (nSPS) is 11.9. The van der Waals surface area contributed by atoms with Crippen LogP contribution in [0.1, 0.15) is 38.7 Å². The lowest BCUT2D eigenvalue weighted by molar-refractivity contribution is 0.281. The van der Waals surface area contributed by atoms with Crippen molar-refractivity contribution < 1.29 is 4.74 Å². The number of aliphatic imine (C=N–C) groups is 1. The van der Waals surface area contributed by atoms with Crippen molar-refractivity contribution in [2.24, 2.45) is 10.9 Å². The van der Waals surface area contributed by atoms with E-state index in [1.165, 1.54) is 18.4 Å². The number of nitrogens with zero attached hydrogens (tertiary/aromatic N) is 2. The summed E-state index contributed by atoms with van der Waals surface area (Å²) in [7, 11) is 5.97. The number of benzene rings is 1. The molecule has 0 spiro atoms. The molecule has 0 heterocycles. The van der Waals surface area contributed by atoms with Crippen molar-refractivity contribution in [1.82, 2.24) is 15.5 Å². The van der Waals surface area contributed by atoms with Gasteiger partial charge >= 0.3 is 0 Å². The zero-order valence-corrected chi connectivity index (χ0v) is 16.6. The van der Waals surface area contributed by atoms with Gasteiger partial charge in [-0.2, -0.15) is 0 Å². The van der Waals surface area contributed by atoms with Crippen LogP contribution in [0.15, 0.2) is 29.3 Å². The van der Waals surface area contributed by atoms with E-state index in [0.29, 0.717) is 5.92 Å². The first-order valence-corrected chi connectivity index (χ1v) is 9.40. The average Bonchev–Trinajstić information content (AvgIpc) is 2.63. The Morgan fingerprint density at radius 2 is 1.80 bits per heavy atom. The van der Waals surface area contributed by atoms with Gasteiger partial charge in [-0.3, -0.25) is 4.99 Å². The lowest BCUT2D eigenvalue weighted by atomic mass is 10.0. The fraction of sp³-hybridized carbons (Fsp3) is 0.650. The molecule has 0 atom stereocenters. The standard InChI is InChI=1S/C20H36N4O/c1-6-17(7-2)15-22-20(21-3)23-16-18-9-11-19(12-10-18)25-14-8-13-24(4)5/h9-12,17H,6-8,13-16H2,1-5H3,(H2,21,22,23). The second-order valence-corrected chi connectivity index (χ2v) is 6.64. The molecule has 2 N–H and O–H groups in total. The summed E-state index contributed by atoms with van der Waals surface area (Å²) in [6.07, 6.45) is 3.42. The molecule has 1 rings (SSSR count). The van der Waals surface area contributed by atoms with E-state index in [1.54, 1.807) is 0 Å². The molecule has 25 heavy (non-hydrogen) atoms. The smallest absolute Gasteiger partial charge is 0.191 e. The first-order valence-electron chi connectivity index (χ1n) is 9.40. The van der Waals surface area contributed by atoms with Gasteiger partial charge < -0.3 is 20.3 Å². The highest BCUT2D eigenvalue weighted by atomic mass is 16.5. The van der Waals surface area contributed by atoms with E-state index in [-0.39, 0.29) is 0 Å². The van der Waals surface area contributed by atoms with Crippen LogP contribution in [-0.4, -0.2) is 51.7 Å². The molecule has 1 aromatic rings. The minimum absolute atomic E-state index is 0.697. The molecule has 0 radical (unpaired) electrons. The van der Waals surface area contributed by atoms with Crippen molar-refractivity contribution >= 4 is 5.96 Å². The van der Waals surface area contributed by atoms with Crippen LogP contribution in [0.25, 0.3) is 0 Å². The number of ether oxygens (including phenoxy) is 1. The Labute approximate surface area is 153 Å². The zero-order valence-electron chi connectivity index (χ0n) is 16.6. The Hall–Kier alpha value is -1.75. The van der Waals surface area contributed by atoms with E-state index in [0.717, 1.165) is 44.4 Å². The molecule has 0 aromatic heterocycles. The summed E-state index contributed by atoms with van der Waals surface area (Å²) in [6, 6.07) is 8.27. The molecule has 0 bridgehead atoms. The molecule has 0 amide bonds. The third kappa shape index (κ3) is 9.34. The molecule has 5 nitrogen and oxygen atoms in total. The Balaban J connectivity index is 2.34. The van der Waals surface area contributed by atoms with E-state index in [4.69, 9.17) is 4.74 Å². The zero-order chi connectivity index (χ0) is 18.5. The maximum atomic E-state index is 5.76. The van der Waals surface area contributed by atoms with Gasteiger partial charge in [0.1, 0.15) is 5.75 Å². The molecular weight excluding hydrogens is 312 g/mol. The highest BCUT2D eigenvalue weighted by Gasteiger charge is 2.05. The largest absolute Gasteiger partial charge is 0.494 e. The summed E-state index contributed by atoms with van der Waals surface area (Å²) in [4.78, 5) is 6.46. The van der Waals surface area contributed by atoms with E-state index in [9.17, 15) is 0 Å². The Bertz CT molecular complexity index is 481. The first-order chi connectivity index (χ1) is 12.1. The highest BCUT2D eigenvalue weighted by molar-refractivity contribution is 5.79. The van der Waals surface area contributed by atoms with Crippen molar-refractivity contribution in [3.63, 3.8) is 0 Å². The number of hydrogen-bond donors (Lipinski definition) is 2. The molecule has 0 fully saturated rings. The van der Waals surface area contributed by atoms with Gasteiger partial charge in [0, 0.05) is 26.7 Å². The average molecular weight is 349 g/mol. The van der Waals surface area contributed by atoms with E-state index < -0.39 is 0 Å². The van der Waals surface area contributed by atoms with Gasteiger partial charge in [-0.15, -0.1) is 0 Å². The maximum absolute atomic E-state index is 5.76. The quantitative estimate of drug-likeness (QED) is 0.366.